The molecular formula is C13H20N4O. The van der Waals surface area contributed by atoms with E-state index in [4.69, 9.17) is 0 Å². The molecule has 1 aromatic heterocycles. The van der Waals surface area contributed by atoms with Crippen LogP contribution in [0.1, 0.15) is 41.5 Å². The average molecular weight is 248 g/mol. The summed E-state index contributed by atoms with van der Waals surface area (Å²) in [7, 11) is 0. The zero-order valence-corrected chi connectivity index (χ0v) is 11.2. The first kappa shape index (κ1) is 13.0. The molecule has 0 aliphatic carbocycles. The molecule has 0 saturated carbocycles. The van der Waals surface area contributed by atoms with E-state index in [1.165, 1.54) is 0 Å². The van der Waals surface area contributed by atoms with Crippen LogP contribution >= 0.6 is 0 Å². The third-order valence-electron chi connectivity index (χ3n) is 3.47. The van der Waals surface area contributed by atoms with Gasteiger partial charge in [0, 0.05) is 5.54 Å². The molecule has 2 heterocycles. The summed E-state index contributed by atoms with van der Waals surface area (Å²) in [4.78, 5) is 12.3. The van der Waals surface area contributed by atoms with Crippen LogP contribution in [-0.2, 0) is 0 Å². The van der Waals surface area contributed by atoms with Crippen molar-refractivity contribution in [3.63, 3.8) is 0 Å². The van der Waals surface area contributed by atoms with Gasteiger partial charge in [0.2, 0.25) is 0 Å². The molecule has 1 fully saturated rings. The van der Waals surface area contributed by atoms with Crippen molar-refractivity contribution in [2.75, 3.05) is 13.1 Å². The number of hydrogen-bond acceptors (Lipinski definition) is 4. The number of aryl methyl sites for hydroxylation is 2. The van der Waals surface area contributed by atoms with E-state index >= 15 is 0 Å². The molecule has 1 aromatic rings. The van der Waals surface area contributed by atoms with E-state index in [0.717, 1.165) is 31.6 Å². The van der Waals surface area contributed by atoms with Crippen LogP contribution in [0.15, 0.2) is 6.07 Å². The SMILES string of the molecule is Cc1cc(C(=O)NC2(C)CCNCC2)c(C)nn1. The summed E-state index contributed by atoms with van der Waals surface area (Å²) in [6.07, 6.45) is 1.91. The topological polar surface area (TPSA) is 66.9 Å². The summed E-state index contributed by atoms with van der Waals surface area (Å²) in [5.41, 5.74) is 1.95. The molecule has 0 aromatic carbocycles. The predicted molar refractivity (Wildman–Crippen MR) is 69.5 cm³/mol. The first-order valence-corrected chi connectivity index (χ1v) is 6.34. The lowest BCUT2D eigenvalue weighted by atomic mass is 9.90. The van der Waals surface area contributed by atoms with Crippen LogP contribution in [0.5, 0.6) is 0 Å². The second-order valence-electron chi connectivity index (χ2n) is 5.25. The number of nitrogens with one attached hydrogen (secondary N) is 2. The predicted octanol–water partition coefficient (Wildman–Crippen LogP) is 0.965. The molecule has 5 heteroatoms. The summed E-state index contributed by atoms with van der Waals surface area (Å²) in [6, 6.07) is 1.79. The highest BCUT2D eigenvalue weighted by Gasteiger charge is 2.29. The Labute approximate surface area is 107 Å². The van der Waals surface area contributed by atoms with Crippen molar-refractivity contribution in [3.05, 3.63) is 23.0 Å². The van der Waals surface area contributed by atoms with Crippen molar-refractivity contribution >= 4 is 5.91 Å². The fraction of sp³-hybridized carbons (Fsp3) is 0.615. The average Bonchev–Trinajstić information content (AvgIpc) is 2.32. The molecule has 0 radical (unpaired) electrons. The number of amides is 1. The first-order chi connectivity index (χ1) is 8.50. The van der Waals surface area contributed by atoms with Gasteiger partial charge in [-0.15, -0.1) is 0 Å². The largest absolute Gasteiger partial charge is 0.347 e. The Kier molecular flexibility index (Phi) is 3.61. The van der Waals surface area contributed by atoms with Crippen LogP contribution in [0.3, 0.4) is 0 Å². The Morgan fingerprint density at radius 1 is 1.33 bits per heavy atom. The molecule has 5 nitrogen and oxygen atoms in total. The van der Waals surface area contributed by atoms with Gasteiger partial charge in [-0.2, -0.15) is 10.2 Å². The molecule has 0 bridgehead atoms. The lowest BCUT2D eigenvalue weighted by molar-refractivity contribution is 0.0886. The van der Waals surface area contributed by atoms with E-state index in [9.17, 15) is 4.79 Å². The van der Waals surface area contributed by atoms with Gasteiger partial charge in [0.1, 0.15) is 0 Å². The maximum absolute atomic E-state index is 12.3. The van der Waals surface area contributed by atoms with E-state index in [0.29, 0.717) is 11.3 Å². The fourth-order valence-corrected chi connectivity index (χ4v) is 2.22. The first-order valence-electron chi connectivity index (χ1n) is 6.34. The number of carbonyl (C=O) groups is 1. The molecule has 0 unspecified atom stereocenters. The Bertz CT molecular complexity index is 452. The third-order valence-corrected chi connectivity index (χ3v) is 3.47. The van der Waals surface area contributed by atoms with Crippen molar-refractivity contribution in [1.29, 1.82) is 0 Å². The Morgan fingerprint density at radius 3 is 2.67 bits per heavy atom. The molecule has 18 heavy (non-hydrogen) atoms. The minimum absolute atomic E-state index is 0.0464. The maximum Gasteiger partial charge on any atom is 0.253 e. The number of carbonyl (C=O) groups excluding carboxylic acids is 1. The maximum atomic E-state index is 12.3. The van der Waals surface area contributed by atoms with Crippen LogP contribution in [-0.4, -0.2) is 34.7 Å². The zero-order valence-electron chi connectivity index (χ0n) is 11.2. The van der Waals surface area contributed by atoms with E-state index < -0.39 is 0 Å². The van der Waals surface area contributed by atoms with Gasteiger partial charge in [0.25, 0.3) is 5.91 Å². The van der Waals surface area contributed by atoms with Gasteiger partial charge in [-0.1, -0.05) is 0 Å². The highest BCUT2D eigenvalue weighted by molar-refractivity contribution is 5.95. The van der Waals surface area contributed by atoms with Crippen molar-refractivity contribution < 1.29 is 4.79 Å². The van der Waals surface area contributed by atoms with Gasteiger partial charge in [-0.25, -0.2) is 0 Å². The van der Waals surface area contributed by atoms with Gasteiger partial charge < -0.3 is 10.6 Å². The van der Waals surface area contributed by atoms with E-state index in [-0.39, 0.29) is 11.4 Å². The fourth-order valence-electron chi connectivity index (χ4n) is 2.22. The molecule has 98 valence electrons. The number of rotatable bonds is 2. The van der Waals surface area contributed by atoms with Crippen molar-refractivity contribution in [2.24, 2.45) is 0 Å². The Morgan fingerprint density at radius 2 is 2.00 bits per heavy atom. The monoisotopic (exact) mass is 248 g/mol. The van der Waals surface area contributed by atoms with Crippen LogP contribution in [0.4, 0.5) is 0 Å². The van der Waals surface area contributed by atoms with Gasteiger partial charge in [0.05, 0.1) is 17.0 Å². The minimum Gasteiger partial charge on any atom is -0.347 e. The van der Waals surface area contributed by atoms with Gasteiger partial charge in [0.15, 0.2) is 0 Å². The Hall–Kier alpha value is -1.49. The summed E-state index contributed by atoms with van der Waals surface area (Å²) in [5, 5.41) is 14.4. The standard InChI is InChI=1S/C13H20N4O/c1-9-8-11(10(2)17-16-9)12(18)15-13(3)4-6-14-7-5-13/h8,14H,4-7H2,1-3H3,(H,15,18). The van der Waals surface area contributed by atoms with E-state index in [2.05, 4.69) is 27.8 Å². The highest BCUT2D eigenvalue weighted by Crippen LogP contribution is 2.18. The second-order valence-corrected chi connectivity index (χ2v) is 5.25. The van der Waals surface area contributed by atoms with Crippen molar-refractivity contribution in [2.45, 2.75) is 39.2 Å². The van der Waals surface area contributed by atoms with E-state index in [1.54, 1.807) is 6.07 Å². The quantitative estimate of drug-likeness (QED) is 0.818. The smallest absolute Gasteiger partial charge is 0.253 e. The molecule has 1 aliphatic rings. The molecule has 1 amide bonds. The minimum atomic E-state index is -0.119. The van der Waals surface area contributed by atoms with Gasteiger partial charge >= 0.3 is 0 Å². The summed E-state index contributed by atoms with van der Waals surface area (Å²) < 4.78 is 0. The summed E-state index contributed by atoms with van der Waals surface area (Å²) in [6.45, 7) is 7.65. The molecular weight excluding hydrogens is 228 g/mol. The molecule has 1 aliphatic heterocycles. The molecule has 0 spiro atoms. The molecule has 2 N–H and O–H groups in total. The number of piperidine rings is 1. The molecule has 0 atom stereocenters. The molecule has 2 rings (SSSR count). The Balaban J connectivity index is 2.14. The van der Waals surface area contributed by atoms with Gasteiger partial charge in [-0.05, 0) is 52.8 Å². The lowest BCUT2D eigenvalue weighted by Gasteiger charge is -2.35. The van der Waals surface area contributed by atoms with Crippen LogP contribution < -0.4 is 10.6 Å². The zero-order chi connectivity index (χ0) is 13.2. The van der Waals surface area contributed by atoms with Crippen LogP contribution in [0.2, 0.25) is 0 Å². The van der Waals surface area contributed by atoms with Crippen molar-refractivity contribution in [1.82, 2.24) is 20.8 Å². The molecule has 1 saturated heterocycles. The number of nitrogens with zero attached hydrogens (tertiary/aromatic N) is 2. The highest BCUT2D eigenvalue weighted by atomic mass is 16.1. The third kappa shape index (κ3) is 2.85. The number of aromatic nitrogens is 2. The lowest BCUT2D eigenvalue weighted by Crippen LogP contribution is -2.52. The number of hydrogen-bond donors (Lipinski definition) is 2. The summed E-state index contributed by atoms with van der Waals surface area (Å²) >= 11 is 0. The van der Waals surface area contributed by atoms with Gasteiger partial charge in [-0.3, -0.25) is 4.79 Å². The normalized spacial score (nSPS) is 18.4. The second kappa shape index (κ2) is 5.02. The summed E-state index contributed by atoms with van der Waals surface area (Å²) in [5.74, 6) is -0.0464. The van der Waals surface area contributed by atoms with Crippen molar-refractivity contribution in [3.8, 4) is 0 Å². The van der Waals surface area contributed by atoms with Crippen LogP contribution in [0.25, 0.3) is 0 Å². The van der Waals surface area contributed by atoms with E-state index in [1.807, 2.05) is 13.8 Å². The van der Waals surface area contributed by atoms with Crippen LogP contribution in [0, 0.1) is 13.8 Å².